The van der Waals surface area contributed by atoms with Gasteiger partial charge in [0.2, 0.25) is 5.44 Å². The Morgan fingerprint density at radius 3 is 2.10 bits per heavy atom. The minimum Gasteiger partial charge on any atom is -0.466 e. The zero-order valence-corrected chi connectivity index (χ0v) is 14.9. The summed E-state index contributed by atoms with van der Waals surface area (Å²) in [4.78, 5) is 22.4. The highest BCUT2D eigenvalue weighted by Crippen LogP contribution is 2.22. The van der Waals surface area contributed by atoms with Crippen molar-refractivity contribution in [1.29, 1.82) is 0 Å². The van der Waals surface area contributed by atoms with Crippen LogP contribution in [0.4, 0.5) is 0 Å². The molecule has 0 fully saturated rings. The van der Waals surface area contributed by atoms with E-state index in [0.717, 1.165) is 18.1 Å². The third kappa shape index (κ3) is 6.76. The Morgan fingerprint density at radius 1 is 1.15 bits per heavy atom. The molecule has 7 heteroatoms. The lowest BCUT2D eigenvalue weighted by molar-refractivity contribution is -0.158. The van der Waals surface area contributed by atoms with Gasteiger partial charge in [0, 0.05) is 19.3 Å². The molecule has 0 unspecified atom stereocenters. The lowest BCUT2D eigenvalue weighted by Crippen LogP contribution is -2.36. The first kappa shape index (κ1) is 19.5. The van der Waals surface area contributed by atoms with Gasteiger partial charge in [0.25, 0.3) is 0 Å². The van der Waals surface area contributed by atoms with E-state index < -0.39 is 25.7 Å². The molecule has 20 heavy (non-hydrogen) atoms. The second kappa shape index (κ2) is 10.2. The van der Waals surface area contributed by atoms with Gasteiger partial charge < -0.3 is 13.9 Å². The van der Waals surface area contributed by atoms with E-state index in [0.29, 0.717) is 12.4 Å². The number of methoxy groups -OCH3 is 1. The molecule has 0 aromatic heterocycles. The zero-order chi connectivity index (χ0) is 15.6. The van der Waals surface area contributed by atoms with Crippen molar-refractivity contribution in [3.8, 4) is 0 Å². The molecule has 0 aliphatic carbocycles. The minimum atomic E-state index is -1.59. The quantitative estimate of drug-likeness (QED) is 0.267. The van der Waals surface area contributed by atoms with Crippen LogP contribution in [0.1, 0.15) is 27.7 Å². The smallest absolute Gasteiger partial charge is 0.357 e. The van der Waals surface area contributed by atoms with Crippen LogP contribution in [0.2, 0.25) is 18.1 Å². The van der Waals surface area contributed by atoms with Gasteiger partial charge in [-0.3, -0.25) is 4.79 Å². The van der Waals surface area contributed by atoms with Crippen LogP contribution in [0.5, 0.6) is 0 Å². The number of hydrogen-bond acceptors (Lipinski definition) is 6. The van der Waals surface area contributed by atoms with Crippen molar-refractivity contribution in [2.24, 2.45) is 0 Å². The highest BCUT2D eigenvalue weighted by molar-refractivity contribution is 8.00. The van der Waals surface area contributed by atoms with E-state index in [4.69, 9.17) is 9.16 Å². The first-order valence-electron chi connectivity index (χ1n) is 6.95. The van der Waals surface area contributed by atoms with Crippen molar-refractivity contribution >= 4 is 32.0 Å². The fourth-order valence-corrected chi connectivity index (χ4v) is 5.49. The summed E-state index contributed by atoms with van der Waals surface area (Å²) >= 11 is 1.23. The van der Waals surface area contributed by atoms with Gasteiger partial charge in [-0.1, -0.05) is 20.8 Å². The highest BCUT2D eigenvalue weighted by Gasteiger charge is 2.29. The summed E-state index contributed by atoms with van der Waals surface area (Å²) < 4.78 is 15.6. The number of ether oxygens (including phenoxy) is 2. The molecular weight excluding hydrogens is 296 g/mol. The van der Waals surface area contributed by atoms with E-state index in [1.807, 2.05) is 0 Å². The Kier molecular flexibility index (Phi) is 9.96. The lowest BCUT2D eigenvalue weighted by atomic mass is 10.7. The molecule has 0 amide bonds. The van der Waals surface area contributed by atoms with E-state index in [2.05, 4.69) is 25.5 Å². The van der Waals surface area contributed by atoms with Crippen molar-refractivity contribution in [3.05, 3.63) is 0 Å². The summed E-state index contributed by atoms with van der Waals surface area (Å²) in [5, 5.41) is 0. The van der Waals surface area contributed by atoms with Gasteiger partial charge in [-0.15, -0.1) is 11.8 Å². The molecule has 0 saturated heterocycles. The molecule has 0 bridgehead atoms. The summed E-state index contributed by atoms with van der Waals surface area (Å²) in [5.74, 6) is -0.440. The Labute approximate surface area is 126 Å². The average molecular weight is 322 g/mol. The topological polar surface area (TPSA) is 61.8 Å². The molecule has 0 heterocycles. The predicted octanol–water partition coefficient (Wildman–Crippen LogP) is 2.80. The van der Waals surface area contributed by atoms with Gasteiger partial charge in [0.05, 0.1) is 7.11 Å². The van der Waals surface area contributed by atoms with E-state index in [9.17, 15) is 9.59 Å². The van der Waals surface area contributed by atoms with Gasteiger partial charge in [0.1, 0.15) is 0 Å². The van der Waals surface area contributed by atoms with Gasteiger partial charge in [-0.25, -0.2) is 4.79 Å². The molecule has 0 rings (SSSR count). The van der Waals surface area contributed by atoms with Crippen LogP contribution >= 0.6 is 11.8 Å². The van der Waals surface area contributed by atoms with Crippen molar-refractivity contribution in [1.82, 2.24) is 0 Å². The molecule has 0 spiro atoms. The Hall–Kier alpha value is -0.533. The van der Waals surface area contributed by atoms with Crippen LogP contribution in [0.3, 0.4) is 0 Å². The minimum absolute atomic E-state index is 0.492. The van der Waals surface area contributed by atoms with Crippen molar-refractivity contribution < 1.29 is 23.5 Å². The number of esters is 2. The normalized spacial score (nSPS) is 12.8. The van der Waals surface area contributed by atoms with Crippen LogP contribution < -0.4 is 0 Å². The highest BCUT2D eigenvalue weighted by atomic mass is 32.2. The number of thioether (sulfide) groups is 1. The molecule has 118 valence electrons. The Morgan fingerprint density at radius 2 is 1.70 bits per heavy atom. The van der Waals surface area contributed by atoms with Gasteiger partial charge in [0.15, 0.2) is 8.32 Å². The molecule has 0 N–H and O–H groups in total. The largest absolute Gasteiger partial charge is 0.466 e. The van der Waals surface area contributed by atoms with E-state index in [1.165, 1.54) is 25.8 Å². The van der Waals surface area contributed by atoms with E-state index in [1.54, 1.807) is 0 Å². The number of hydrogen-bond donors (Lipinski definition) is 0. The maximum absolute atomic E-state index is 11.5. The van der Waals surface area contributed by atoms with Crippen molar-refractivity contribution in [2.45, 2.75) is 51.3 Å². The maximum Gasteiger partial charge on any atom is 0.357 e. The SMILES string of the molecule is CC[Si](CC)(CC)OCCS[C@H](OC(C)=O)C(=O)OC. The fourth-order valence-electron chi connectivity index (χ4n) is 1.87. The molecule has 0 aliphatic heterocycles. The van der Waals surface area contributed by atoms with Gasteiger partial charge >= 0.3 is 11.9 Å². The van der Waals surface area contributed by atoms with Crippen LogP contribution in [0, 0.1) is 0 Å². The Balaban J connectivity index is 4.23. The van der Waals surface area contributed by atoms with Crippen LogP contribution in [0.25, 0.3) is 0 Å². The summed E-state index contributed by atoms with van der Waals surface area (Å²) in [6.07, 6.45) is 0. The standard InChI is InChI=1S/C13H26O5SSi/c1-6-20(7-2,8-3)17-9-10-19-13(12(15)16-5)18-11(4)14/h13H,6-10H2,1-5H3/t13-/m0/s1. The van der Waals surface area contributed by atoms with E-state index in [-0.39, 0.29) is 0 Å². The average Bonchev–Trinajstić information content (AvgIpc) is 2.45. The predicted molar refractivity (Wildman–Crippen MR) is 83.2 cm³/mol. The molecule has 1 atom stereocenters. The first-order valence-corrected chi connectivity index (χ1v) is 10.5. The van der Waals surface area contributed by atoms with Crippen LogP contribution in [0.15, 0.2) is 0 Å². The molecule has 0 aromatic carbocycles. The maximum atomic E-state index is 11.5. The molecule has 0 aromatic rings. The van der Waals surface area contributed by atoms with Crippen molar-refractivity contribution in [2.75, 3.05) is 19.5 Å². The summed E-state index contributed by atoms with van der Waals surface area (Å²) in [5.41, 5.74) is -0.901. The van der Waals surface area contributed by atoms with E-state index >= 15 is 0 Å². The summed E-state index contributed by atoms with van der Waals surface area (Å²) in [6, 6.07) is 3.28. The van der Waals surface area contributed by atoms with Crippen LogP contribution in [-0.4, -0.2) is 45.2 Å². The summed E-state index contributed by atoms with van der Waals surface area (Å²) in [7, 11) is -0.317. The first-order chi connectivity index (χ1) is 9.44. The zero-order valence-electron chi connectivity index (χ0n) is 13.1. The Bertz CT molecular complexity index is 299. The fraction of sp³-hybridized carbons (Fsp3) is 0.846. The lowest BCUT2D eigenvalue weighted by Gasteiger charge is -2.28. The molecular formula is C13H26O5SSi. The molecule has 5 nitrogen and oxygen atoms in total. The number of rotatable bonds is 10. The van der Waals surface area contributed by atoms with Gasteiger partial charge in [-0.05, 0) is 18.1 Å². The second-order valence-corrected chi connectivity index (χ2v) is 10.4. The second-order valence-electron chi connectivity index (χ2n) is 4.43. The molecule has 0 aliphatic rings. The third-order valence-corrected chi connectivity index (χ3v) is 9.04. The summed E-state index contributed by atoms with van der Waals surface area (Å²) in [6.45, 7) is 8.35. The number of carbonyl (C=O) groups is 2. The monoisotopic (exact) mass is 322 g/mol. The van der Waals surface area contributed by atoms with Crippen LogP contribution in [-0.2, 0) is 23.5 Å². The number of carbonyl (C=O) groups excluding carboxylic acids is 2. The van der Waals surface area contributed by atoms with Gasteiger partial charge in [-0.2, -0.15) is 0 Å². The molecule has 0 saturated carbocycles. The van der Waals surface area contributed by atoms with Crippen molar-refractivity contribution in [3.63, 3.8) is 0 Å². The third-order valence-electron chi connectivity index (χ3n) is 3.36. The molecule has 0 radical (unpaired) electrons.